The molecule has 1 saturated carbocycles. The van der Waals surface area contributed by atoms with Gasteiger partial charge in [0.05, 0.1) is 12.6 Å². The summed E-state index contributed by atoms with van der Waals surface area (Å²) in [4.78, 5) is 22.8. The predicted molar refractivity (Wildman–Crippen MR) is 62.2 cm³/mol. The zero-order valence-electron chi connectivity index (χ0n) is 9.72. The van der Waals surface area contributed by atoms with Gasteiger partial charge in [-0.05, 0) is 12.8 Å². The van der Waals surface area contributed by atoms with E-state index in [1.165, 1.54) is 4.68 Å². The normalized spacial score (nSPS) is 13.7. The highest BCUT2D eigenvalue weighted by Gasteiger charge is 2.29. The van der Waals surface area contributed by atoms with Gasteiger partial charge in [-0.15, -0.1) is 0 Å². The van der Waals surface area contributed by atoms with E-state index in [4.69, 9.17) is 5.26 Å². The van der Waals surface area contributed by atoms with Gasteiger partial charge in [-0.2, -0.15) is 10.4 Å². The minimum Gasteiger partial charge on any atom is -0.347 e. The summed E-state index contributed by atoms with van der Waals surface area (Å²) in [7, 11) is 0. The lowest BCUT2D eigenvalue weighted by atomic mass is 10.4. The van der Waals surface area contributed by atoms with Gasteiger partial charge in [0.15, 0.2) is 5.82 Å². The monoisotopic (exact) mass is 247 g/mol. The fourth-order valence-corrected chi connectivity index (χ4v) is 1.43. The summed E-state index contributed by atoms with van der Waals surface area (Å²) in [5, 5.41) is 17.5. The molecule has 18 heavy (non-hydrogen) atoms. The zero-order valence-corrected chi connectivity index (χ0v) is 9.72. The maximum Gasteiger partial charge on any atom is 0.244 e. The molecule has 0 unspecified atom stereocenters. The van der Waals surface area contributed by atoms with Crippen LogP contribution in [0.5, 0.6) is 0 Å². The van der Waals surface area contributed by atoms with Crippen molar-refractivity contribution in [2.75, 3.05) is 11.9 Å². The molecule has 1 aliphatic carbocycles. The van der Waals surface area contributed by atoms with Gasteiger partial charge in [-0.1, -0.05) is 0 Å². The molecule has 0 aliphatic heterocycles. The highest BCUT2D eigenvalue weighted by Crippen LogP contribution is 2.28. The van der Waals surface area contributed by atoms with Crippen molar-refractivity contribution in [2.24, 2.45) is 5.92 Å². The van der Waals surface area contributed by atoms with Crippen molar-refractivity contribution in [1.82, 2.24) is 15.1 Å². The van der Waals surface area contributed by atoms with Crippen LogP contribution in [0.4, 0.5) is 5.82 Å². The molecule has 1 aliphatic rings. The van der Waals surface area contributed by atoms with Crippen molar-refractivity contribution in [3.8, 4) is 6.07 Å². The highest BCUT2D eigenvalue weighted by molar-refractivity contribution is 5.94. The van der Waals surface area contributed by atoms with E-state index in [0.29, 0.717) is 5.82 Å². The lowest BCUT2D eigenvalue weighted by Gasteiger charge is -2.03. The van der Waals surface area contributed by atoms with Gasteiger partial charge in [0.25, 0.3) is 0 Å². The van der Waals surface area contributed by atoms with Crippen molar-refractivity contribution < 1.29 is 9.59 Å². The number of anilines is 1. The van der Waals surface area contributed by atoms with E-state index in [2.05, 4.69) is 15.7 Å². The minimum atomic E-state index is -0.328. The number of aromatic nitrogens is 2. The van der Waals surface area contributed by atoms with Crippen molar-refractivity contribution in [3.05, 3.63) is 12.3 Å². The van der Waals surface area contributed by atoms with Crippen LogP contribution >= 0.6 is 0 Å². The maximum atomic E-state index is 11.5. The second kappa shape index (κ2) is 5.31. The van der Waals surface area contributed by atoms with Crippen LogP contribution in [0.25, 0.3) is 0 Å². The fourth-order valence-electron chi connectivity index (χ4n) is 1.43. The van der Waals surface area contributed by atoms with Crippen molar-refractivity contribution >= 4 is 17.6 Å². The van der Waals surface area contributed by atoms with Gasteiger partial charge in [-0.3, -0.25) is 14.3 Å². The lowest BCUT2D eigenvalue weighted by Crippen LogP contribution is -2.33. The number of nitriles is 1. The van der Waals surface area contributed by atoms with Crippen molar-refractivity contribution in [3.63, 3.8) is 0 Å². The first-order chi connectivity index (χ1) is 8.69. The minimum absolute atomic E-state index is 0.0551. The van der Waals surface area contributed by atoms with Crippen LogP contribution in [0.1, 0.15) is 12.8 Å². The Labute approximate surface area is 104 Å². The number of carbonyl (C=O) groups is 2. The fraction of sp³-hybridized carbons (Fsp3) is 0.455. The van der Waals surface area contributed by atoms with Crippen LogP contribution in [0.2, 0.25) is 0 Å². The summed E-state index contributed by atoms with van der Waals surface area (Å²) in [6.07, 6.45) is 3.42. The molecule has 94 valence electrons. The van der Waals surface area contributed by atoms with Gasteiger partial charge >= 0.3 is 0 Å². The van der Waals surface area contributed by atoms with E-state index in [1.807, 2.05) is 6.07 Å². The predicted octanol–water partition coefficient (Wildman–Crippen LogP) is -0.129. The molecule has 0 radical (unpaired) electrons. The van der Waals surface area contributed by atoms with Crippen molar-refractivity contribution in [1.29, 1.82) is 5.26 Å². The summed E-state index contributed by atoms with van der Waals surface area (Å²) >= 11 is 0. The number of carbonyl (C=O) groups excluding carboxylic acids is 2. The molecule has 0 bridgehead atoms. The standard InChI is InChI=1S/C11H13N5O2/c12-4-6-16-5-3-9(15-16)14-10(17)7-13-11(18)8-1-2-8/h3,5,8H,1-2,6-7H2,(H,13,18)(H,14,15,17). The van der Waals surface area contributed by atoms with E-state index >= 15 is 0 Å². The van der Waals surface area contributed by atoms with E-state index in [-0.39, 0.29) is 30.8 Å². The Bertz CT molecular complexity index is 498. The number of nitrogens with one attached hydrogen (secondary N) is 2. The van der Waals surface area contributed by atoms with Crippen LogP contribution in [-0.4, -0.2) is 28.1 Å². The topological polar surface area (TPSA) is 99.8 Å². The van der Waals surface area contributed by atoms with Gasteiger partial charge in [0.1, 0.15) is 6.54 Å². The second-order valence-electron chi connectivity index (χ2n) is 4.10. The Morgan fingerprint density at radius 1 is 1.56 bits per heavy atom. The maximum absolute atomic E-state index is 11.5. The Balaban J connectivity index is 1.75. The Morgan fingerprint density at radius 3 is 3.00 bits per heavy atom. The highest BCUT2D eigenvalue weighted by atomic mass is 16.2. The number of amides is 2. The average molecular weight is 247 g/mol. The van der Waals surface area contributed by atoms with Gasteiger partial charge in [0.2, 0.25) is 11.8 Å². The summed E-state index contributed by atoms with van der Waals surface area (Å²) in [6, 6.07) is 3.54. The third kappa shape index (κ3) is 3.31. The molecule has 0 aromatic carbocycles. The summed E-state index contributed by atoms with van der Waals surface area (Å²) in [6.45, 7) is 0.0781. The second-order valence-corrected chi connectivity index (χ2v) is 4.10. The first-order valence-corrected chi connectivity index (χ1v) is 5.67. The Kier molecular flexibility index (Phi) is 3.57. The Morgan fingerprint density at radius 2 is 2.33 bits per heavy atom. The van der Waals surface area contributed by atoms with E-state index in [9.17, 15) is 9.59 Å². The van der Waals surface area contributed by atoms with Gasteiger partial charge in [-0.25, -0.2) is 0 Å². The molecular weight excluding hydrogens is 234 g/mol. The van der Waals surface area contributed by atoms with E-state index in [1.54, 1.807) is 12.3 Å². The molecule has 0 spiro atoms. The Hall–Kier alpha value is -2.36. The van der Waals surface area contributed by atoms with E-state index in [0.717, 1.165) is 12.8 Å². The van der Waals surface area contributed by atoms with Crippen LogP contribution in [0, 0.1) is 17.2 Å². The number of rotatable bonds is 5. The number of hydrogen-bond donors (Lipinski definition) is 2. The molecule has 7 nitrogen and oxygen atoms in total. The molecule has 1 aromatic heterocycles. The molecule has 2 amide bonds. The number of hydrogen-bond acceptors (Lipinski definition) is 4. The zero-order chi connectivity index (χ0) is 13.0. The summed E-state index contributed by atoms with van der Waals surface area (Å²) in [5.41, 5.74) is 0. The van der Waals surface area contributed by atoms with E-state index < -0.39 is 0 Å². The molecule has 7 heteroatoms. The van der Waals surface area contributed by atoms with Crippen LogP contribution in [0.15, 0.2) is 12.3 Å². The largest absolute Gasteiger partial charge is 0.347 e. The lowest BCUT2D eigenvalue weighted by molar-refractivity contribution is -0.125. The molecule has 0 saturated heterocycles. The third-order valence-corrected chi connectivity index (χ3v) is 2.51. The van der Waals surface area contributed by atoms with Crippen LogP contribution in [0.3, 0.4) is 0 Å². The number of nitrogens with zero attached hydrogens (tertiary/aromatic N) is 3. The molecule has 2 N–H and O–H groups in total. The van der Waals surface area contributed by atoms with Gasteiger partial charge < -0.3 is 10.6 Å². The van der Waals surface area contributed by atoms with Gasteiger partial charge in [0, 0.05) is 18.2 Å². The van der Waals surface area contributed by atoms with Crippen LogP contribution < -0.4 is 10.6 Å². The molecule has 1 fully saturated rings. The first kappa shape index (κ1) is 12.1. The molecule has 1 aromatic rings. The van der Waals surface area contributed by atoms with Crippen LogP contribution in [-0.2, 0) is 16.1 Å². The molecule has 0 atom stereocenters. The SMILES string of the molecule is N#CCn1ccc(NC(=O)CNC(=O)C2CC2)n1. The first-order valence-electron chi connectivity index (χ1n) is 5.67. The summed E-state index contributed by atoms with van der Waals surface area (Å²) < 4.78 is 1.42. The molecular formula is C11H13N5O2. The quantitative estimate of drug-likeness (QED) is 0.757. The average Bonchev–Trinajstić information content (AvgIpc) is 3.10. The van der Waals surface area contributed by atoms with Crippen molar-refractivity contribution in [2.45, 2.75) is 19.4 Å². The summed E-state index contributed by atoms with van der Waals surface area (Å²) in [5.74, 6) is 0.0647. The smallest absolute Gasteiger partial charge is 0.244 e. The molecule has 2 rings (SSSR count). The molecule has 1 heterocycles. The third-order valence-electron chi connectivity index (χ3n) is 2.51.